The number of nitrogens with two attached hydrogens (primary N) is 1. The van der Waals surface area contributed by atoms with Crippen molar-refractivity contribution in [1.82, 2.24) is 16.0 Å². The number of rotatable bonds is 12. The summed E-state index contributed by atoms with van der Waals surface area (Å²) in [6, 6.07) is -1.44. The molecule has 4 amide bonds. The Morgan fingerprint density at radius 1 is 0.882 bits per heavy atom. The second-order valence-electron chi connectivity index (χ2n) is 10.9. The first-order chi connectivity index (χ1) is 16.1. The fraction of sp³-hybridized carbons (Fsp3) is 0.846. The largest absolute Gasteiger partial charge is 0.370 e. The van der Waals surface area contributed by atoms with E-state index >= 15 is 0 Å². The monoisotopic (exact) mass is 478 g/mol. The molecule has 2 aliphatic carbocycles. The Labute approximate surface area is 204 Å². The lowest BCUT2D eigenvalue weighted by molar-refractivity contribution is -0.134. The van der Waals surface area contributed by atoms with Gasteiger partial charge in [-0.1, -0.05) is 46.0 Å². The highest BCUT2D eigenvalue weighted by atomic mass is 16.2. The van der Waals surface area contributed by atoms with Crippen molar-refractivity contribution in [3.05, 3.63) is 0 Å². The van der Waals surface area contributed by atoms with Crippen LogP contribution in [-0.4, -0.2) is 42.3 Å². The van der Waals surface area contributed by atoms with Crippen LogP contribution in [0.25, 0.3) is 0 Å². The van der Waals surface area contributed by atoms with Crippen LogP contribution < -0.4 is 21.7 Å². The summed E-state index contributed by atoms with van der Waals surface area (Å²) in [6.07, 6.45) is 9.53. The van der Waals surface area contributed by atoms with E-state index in [1.165, 1.54) is 32.1 Å². The molecule has 0 aromatic heterocycles. The summed E-state index contributed by atoms with van der Waals surface area (Å²) in [5, 5.41) is 8.42. The van der Waals surface area contributed by atoms with E-state index in [2.05, 4.69) is 16.0 Å². The van der Waals surface area contributed by atoms with Crippen LogP contribution in [0, 0.1) is 29.6 Å². The molecular formula is C26H46N4O4. The molecule has 2 fully saturated rings. The molecule has 5 N–H and O–H groups in total. The van der Waals surface area contributed by atoms with Gasteiger partial charge < -0.3 is 21.7 Å². The highest BCUT2D eigenvalue weighted by Crippen LogP contribution is 2.43. The predicted molar refractivity (Wildman–Crippen MR) is 132 cm³/mol. The van der Waals surface area contributed by atoms with Crippen LogP contribution in [0.15, 0.2) is 0 Å². The second-order valence-corrected chi connectivity index (χ2v) is 10.9. The third kappa shape index (κ3) is 8.91. The van der Waals surface area contributed by atoms with E-state index in [4.69, 9.17) is 5.73 Å². The molecule has 2 aliphatic rings. The Morgan fingerprint density at radius 2 is 1.56 bits per heavy atom. The molecule has 0 saturated heterocycles. The van der Waals surface area contributed by atoms with Crippen molar-refractivity contribution in [3.8, 4) is 0 Å². The van der Waals surface area contributed by atoms with Gasteiger partial charge in [-0.25, -0.2) is 0 Å². The SMILES string of the molecule is CCNC(=O)C(C)NC(=O)[C@H](CC1CCC2CCCCC2C1)NC(=O)C(CC(N)=O)CC(C)C. The number of hydrogen-bond donors (Lipinski definition) is 4. The zero-order chi connectivity index (χ0) is 25.3. The lowest BCUT2D eigenvalue weighted by atomic mass is 9.66. The number of primary amides is 1. The normalized spacial score (nSPS) is 24.9. The first kappa shape index (κ1) is 28.1. The molecule has 0 heterocycles. The van der Waals surface area contributed by atoms with Gasteiger partial charge in [0.2, 0.25) is 23.6 Å². The van der Waals surface area contributed by atoms with Crippen molar-refractivity contribution < 1.29 is 19.2 Å². The van der Waals surface area contributed by atoms with Crippen LogP contribution in [-0.2, 0) is 19.2 Å². The van der Waals surface area contributed by atoms with Crippen LogP contribution in [0.5, 0.6) is 0 Å². The summed E-state index contributed by atoms with van der Waals surface area (Å²) in [5.74, 6) is 0.0712. The summed E-state index contributed by atoms with van der Waals surface area (Å²) < 4.78 is 0. The number of amides is 4. The molecule has 34 heavy (non-hydrogen) atoms. The zero-order valence-corrected chi connectivity index (χ0v) is 21.5. The summed E-state index contributed by atoms with van der Waals surface area (Å²) >= 11 is 0. The van der Waals surface area contributed by atoms with Crippen molar-refractivity contribution in [3.63, 3.8) is 0 Å². The highest BCUT2D eigenvalue weighted by molar-refractivity contribution is 5.93. The molecule has 0 aliphatic heterocycles. The molecule has 2 rings (SSSR count). The van der Waals surface area contributed by atoms with E-state index in [9.17, 15) is 19.2 Å². The van der Waals surface area contributed by atoms with E-state index in [0.717, 1.165) is 18.8 Å². The summed E-state index contributed by atoms with van der Waals surface area (Å²) in [5.41, 5.74) is 5.39. The third-order valence-electron chi connectivity index (χ3n) is 7.53. The number of likely N-dealkylation sites (N-methyl/N-ethyl adjacent to an activating group) is 1. The first-order valence-electron chi connectivity index (χ1n) is 13.3. The van der Waals surface area contributed by atoms with E-state index < -0.39 is 23.9 Å². The third-order valence-corrected chi connectivity index (χ3v) is 7.53. The molecule has 194 valence electrons. The van der Waals surface area contributed by atoms with Crippen LogP contribution in [0.1, 0.15) is 91.9 Å². The minimum atomic E-state index is -0.739. The van der Waals surface area contributed by atoms with Gasteiger partial charge in [-0.3, -0.25) is 19.2 Å². The molecule has 0 radical (unpaired) electrons. The molecule has 0 bridgehead atoms. The summed E-state index contributed by atoms with van der Waals surface area (Å²) in [7, 11) is 0. The van der Waals surface area contributed by atoms with Gasteiger partial charge in [-0.15, -0.1) is 0 Å². The average molecular weight is 479 g/mol. The number of carbonyl (C=O) groups excluding carboxylic acids is 4. The van der Waals surface area contributed by atoms with Crippen molar-refractivity contribution in [2.45, 2.75) is 104 Å². The van der Waals surface area contributed by atoms with E-state index in [-0.39, 0.29) is 30.1 Å². The van der Waals surface area contributed by atoms with Crippen molar-refractivity contribution in [2.24, 2.45) is 35.3 Å². The molecule has 0 aromatic carbocycles. The maximum absolute atomic E-state index is 13.2. The van der Waals surface area contributed by atoms with Gasteiger partial charge in [0.25, 0.3) is 0 Å². The summed E-state index contributed by atoms with van der Waals surface area (Å²) in [6.45, 7) is 7.92. The Balaban J connectivity index is 2.11. The topological polar surface area (TPSA) is 130 Å². The van der Waals surface area contributed by atoms with Gasteiger partial charge in [-0.05, 0) is 63.2 Å². The Morgan fingerprint density at radius 3 is 2.18 bits per heavy atom. The van der Waals surface area contributed by atoms with E-state index in [1.807, 2.05) is 20.8 Å². The van der Waals surface area contributed by atoms with Gasteiger partial charge in [0, 0.05) is 18.9 Å². The quantitative estimate of drug-likeness (QED) is 0.343. The van der Waals surface area contributed by atoms with E-state index in [1.54, 1.807) is 6.92 Å². The predicted octanol–water partition coefficient (Wildman–Crippen LogP) is 2.65. The minimum absolute atomic E-state index is 0.0408. The number of nitrogens with one attached hydrogen (secondary N) is 3. The van der Waals surface area contributed by atoms with Crippen molar-refractivity contribution in [2.75, 3.05) is 6.54 Å². The molecule has 6 atom stereocenters. The Hall–Kier alpha value is -2.12. The van der Waals surface area contributed by atoms with E-state index in [0.29, 0.717) is 31.2 Å². The Bertz CT molecular complexity index is 711. The smallest absolute Gasteiger partial charge is 0.243 e. The molecule has 2 saturated carbocycles. The fourth-order valence-electron chi connectivity index (χ4n) is 5.84. The first-order valence-corrected chi connectivity index (χ1v) is 13.3. The van der Waals surface area contributed by atoms with Crippen molar-refractivity contribution >= 4 is 23.6 Å². The van der Waals surface area contributed by atoms with Crippen LogP contribution >= 0.6 is 0 Å². The maximum Gasteiger partial charge on any atom is 0.243 e. The van der Waals surface area contributed by atoms with Gasteiger partial charge in [-0.2, -0.15) is 0 Å². The highest BCUT2D eigenvalue weighted by Gasteiger charge is 2.36. The number of carbonyl (C=O) groups is 4. The lowest BCUT2D eigenvalue weighted by Crippen LogP contribution is -2.54. The molecular weight excluding hydrogens is 432 g/mol. The maximum atomic E-state index is 13.2. The molecule has 0 spiro atoms. The molecule has 8 nitrogen and oxygen atoms in total. The molecule has 0 aromatic rings. The standard InChI is InChI=1S/C26H46N4O4/c1-5-28-24(32)17(4)29-26(34)22(30-25(33)21(12-16(2)3)15-23(27)31)14-18-10-11-19-8-6-7-9-20(19)13-18/h16-22H,5-15H2,1-4H3,(H2,27,31)(H,28,32)(H,29,34)(H,30,33)/t17?,18?,19?,20?,21?,22-/m0/s1. The van der Waals surface area contributed by atoms with Gasteiger partial charge in [0.1, 0.15) is 12.1 Å². The average Bonchev–Trinajstić information content (AvgIpc) is 2.77. The lowest BCUT2D eigenvalue weighted by Gasteiger charge is -2.40. The molecule has 8 heteroatoms. The fourth-order valence-corrected chi connectivity index (χ4v) is 5.84. The summed E-state index contributed by atoms with van der Waals surface area (Å²) in [4.78, 5) is 50.1. The van der Waals surface area contributed by atoms with Crippen molar-refractivity contribution in [1.29, 1.82) is 0 Å². The minimum Gasteiger partial charge on any atom is -0.370 e. The zero-order valence-electron chi connectivity index (χ0n) is 21.5. The van der Waals surface area contributed by atoms with Gasteiger partial charge >= 0.3 is 0 Å². The molecule has 5 unspecified atom stereocenters. The van der Waals surface area contributed by atoms with Crippen LogP contribution in [0.4, 0.5) is 0 Å². The number of fused-ring (bicyclic) bond motifs is 1. The Kier molecular flexibility index (Phi) is 11.3. The number of hydrogen-bond acceptors (Lipinski definition) is 4. The van der Waals surface area contributed by atoms with Crippen LogP contribution in [0.2, 0.25) is 0 Å². The second kappa shape index (κ2) is 13.7. The van der Waals surface area contributed by atoms with Gasteiger partial charge in [0.05, 0.1) is 0 Å². The van der Waals surface area contributed by atoms with Crippen LogP contribution in [0.3, 0.4) is 0 Å². The van der Waals surface area contributed by atoms with Gasteiger partial charge in [0.15, 0.2) is 0 Å².